The molecule has 4 heterocycles. The van der Waals surface area contributed by atoms with Gasteiger partial charge < -0.3 is 24.9 Å². The Labute approximate surface area is 365 Å². The van der Waals surface area contributed by atoms with E-state index in [0.717, 1.165) is 99.7 Å². The summed E-state index contributed by atoms with van der Waals surface area (Å²) in [7, 11) is 5.13. The van der Waals surface area contributed by atoms with Crippen molar-refractivity contribution < 1.29 is 19.1 Å². The zero-order valence-electron chi connectivity index (χ0n) is 34.9. The minimum absolute atomic E-state index is 0.0794. The summed E-state index contributed by atoms with van der Waals surface area (Å²) in [6.07, 6.45) is 3.48. The Morgan fingerprint density at radius 2 is 1.20 bits per heavy atom. The lowest BCUT2D eigenvalue weighted by Crippen LogP contribution is -2.12. The number of benzene rings is 4. The van der Waals surface area contributed by atoms with Crippen LogP contribution in [0.3, 0.4) is 0 Å². The predicted molar refractivity (Wildman–Crippen MR) is 239 cm³/mol. The number of methoxy groups -OCH3 is 1. The predicted octanol–water partition coefficient (Wildman–Crippen LogP) is 7.60. The Morgan fingerprint density at radius 3 is 1.67 bits per heavy atom. The molecule has 16 heteroatoms. The van der Waals surface area contributed by atoms with Crippen LogP contribution >= 0.6 is 23.2 Å². The Morgan fingerprint density at radius 1 is 0.705 bits per heavy atom. The van der Waals surface area contributed by atoms with Crippen LogP contribution in [-0.2, 0) is 9.59 Å². The molecule has 0 fully saturated rings. The van der Waals surface area contributed by atoms with E-state index in [0.29, 0.717) is 28.9 Å². The number of aryl methyl sites for hydroxylation is 2. The first kappa shape index (κ1) is 44.3. The molecule has 1 amide bonds. The number of carbonyl (C=O) groups is 2. The molecule has 0 saturated carbocycles. The molecule has 14 nitrogen and oxygen atoms in total. The quantitative estimate of drug-likeness (QED) is 0.0932. The van der Waals surface area contributed by atoms with E-state index in [-0.39, 0.29) is 12.5 Å². The maximum absolute atomic E-state index is 11.3. The number of rotatable bonds is 12. The molecule has 61 heavy (non-hydrogen) atoms. The maximum atomic E-state index is 11.3. The van der Waals surface area contributed by atoms with Gasteiger partial charge in [-0.05, 0) is 101 Å². The van der Waals surface area contributed by atoms with Crippen LogP contribution in [0, 0.1) is 13.8 Å². The van der Waals surface area contributed by atoms with Crippen LogP contribution in [0.4, 0.5) is 0 Å². The van der Waals surface area contributed by atoms with Crippen molar-refractivity contribution in [1.29, 1.82) is 0 Å². The molecule has 0 spiro atoms. The van der Waals surface area contributed by atoms with Gasteiger partial charge >= 0.3 is 0 Å². The number of aldehydes is 1. The Balaban J connectivity index is 0.000000189. The fraction of sp³-hybridized carbons (Fsp3) is 0.289. The van der Waals surface area contributed by atoms with Gasteiger partial charge in [-0.25, -0.2) is 0 Å². The smallest absolute Gasteiger partial charge is 0.206 e. The number of carbonyl (C=O) groups excluding carboxylic acids is 2. The number of halogens is 2. The first-order chi connectivity index (χ1) is 29.6. The fourth-order valence-corrected chi connectivity index (χ4v) is 7.26. The zero-order valence-corrected chi connectivity index (χ0v) is 36.4. The Bertz CT molecular complexity index is 2520. The first-order valence-corrected chi connectivity index (χ1v) is 20.6. The average Bonchev–Trinajstić information content (AvgIpc) is 3.78. The van der Waals surface area contributed by atoms with Crippen LogP contribution in [0.15, 0.2) is 94.9 Å². The number of aromatic nitrogens is 6. The molecular formula is C45H48Cl2N10O4. The molecule has 2 aliphatic rings. The number of aliphatic imine (C=N–C) groups is 2. The van der Waals surface area contributed by atoms with Gasteiger partial charge in [-0.15, -0.1) is 20.4 Å². The molecule has 2 aliphatic heterocycles. The van der Waals surface area contributed by atoms with Crippen molar-refractivity contribution in [2.45, 2.75) is 52.1 Å². The first-order valence-electron chi connectivity index (χ1n) is 19.8. The molecular weight excluding hydrogens is 815 g/mol. The molecule has 316 valence electrons. The van der Waals surface area contributed by atoms with Gasteiger partial charge in [-0.1, -0.05) is 54.4 Å². The number of fused-ring (bicyclic) bond motifs is 6. The molecule has 2 atom stereocenters. The summed E-state index contributed by atoms with van der Waals surface area (Å²) in [5.41, 5.74) is 7.40. The van der Waals surface area contributed by atoms with Gasteiger partial charge in [0.1, 0.15) is 41.5 Å². The lowest BCUT2D eigenvalue weighted by molar-refractivity contribution is -0.109. The van der Waals surface area contributed by atoms with Gasteiger partial charge in [-0.3, -0.25) is 23.9 Å². The molecule has 2 N–H and O–H groups in total. The third-order valence-corrected chi connectivity index (χ3v) is 10.4. The standard InChI is InChI=1S/C23H26ClN5O.C20H17ClN4O2.C2H5NO/c1-4-20-23-28-27-15(2)29(23)21-11-10-18(30-13-5-12-25-3)14-19(21)22(26-20)16-6-8-17(24)9-7-16;1-12-23-24-20-17(9-10-26)22-19(13-3-5-14(21)6-4-13)16-11-15(27-2)7-8-18(16)25(12)20;1-3-2-4/h6-11,14,20,25H,4-5,12-13H2,1-3H3;3-8,10-11,17H,9H2,1-2H3;2H,1H3,(H,3,4). The van der Waals surface area contributed by atoms with Crippen LogP contribution in [0.2, 0.25) is 10.0 Å². The van der Waals surface area contributed by atoms with Crippen molar-refractivity contribution in [3.63, 3.8) is 0 Å². The summed E-state index contributed by atoms with van der Waals surface area (Å²) in [4.78, 5) is 30.4. The SMILES string of the molecule is CCC1N=C(c2ccc(Cl)cc2)c2cc(OCCCNC)ccc2-n2c(C)nnc21.CNC=O.COc1ccc2c(c1)C(c1ccc(Cl)cc1)=NC(CC=O)c1nnc(C)n1-2. The van der Waals surface area contributed by atoms with Crippen molar-refractivity contribution in [1.82, 2.24) is 40.2 Å². The van der Waals surface area contributed by atoms with Gasteiger partial charge in [0.15, 0.2) is 11.6 Å². The van der Waals surface area contributed by atoms with Gasteiger partial charge in [0.2, 0.25) is 6.41 Å². The number of hydrogen-bond donors (Lipinski definition) is 2. The lowest BCUT2D eigenvalue weighted by Gasteiger charge is -2.15. The lowest BCUT2D eigenvalue weighted by atomic mass is 10.00. The number of nitrogens with zero attached hydrogens (tertiary/aromatic N) is 8. The van der Waals surface area contributed by atoms with Crippen LogP contribution in [-0.4, -0.2) is 88.0 Å². The second kappa shape index (κ2) is 20.8. The molecule has 6 aromatic rings. The van der Waals surface area contributed by atoms with Crippen LogP contribution in [0.5, 0.6) is 11.5 Å². The molecule has 2 unspecified atom stereocenters. The molecule has 0 aliphatic carbocycles. The normalized spacial score (nSPS) is 14.6. The monoisotopic (exact) mass is 862 g/mol. The highest BCUT2D eigenvalue weighted by atomic mass is 35.5. The Hall–Kier alpha value is -6.22. The molecule has 8 rings (SSSR count). The number of hydrogen-bond acceptors (Lipinski definition) is 11. The minimum Gasteiger partial charge on any atom is -0.497 e. The van der Waals surface area contributed by atoms with Crippen molar-refractivity contribution in [3.05, 3.63) is 141 Å². The van der Waals surface area contributed by atoms with E-state index in [2.05, 4.69) is 54.7 Å². The Kier molecular flexibility index (Phi) is 15.1. The molecule has 4 aromatic carbocycles. The highest BCUT2D eigenvalue weighted by Gasteiger charge is 2.29. The molecule has 0 bridgehead atoms. The van der Waals surface area contributed by atoms with Crippen LogP contribution in [0.25, 0.3) is 11.4 Å². The van der Waals surface area contributed by atoms with Gasteiger partial charge in [0, 0.05) is 45.8 Å². The summed E-state index contributed by atoms with van der Waals surface area (Å²) in [5.74, 6) is 4.64. The van der Waals surface area contributed by atoms with Crippen molar-refractivity contribution in [2.24, 2.45) is 9.98 Å². The summed E-state index contributed by atoms with van der Waals surface area (Å²) in [6, 6.07) is 26.7. The average molecular weight is 864 g/mol. The summed E-state index contributed by atoms with van der Waals surface area (Å²) >= 11 is 12.2. The van der Waals surface area contributed by atoms with E-state index < -0.39 is 6.04 Å². The highest BCUT2D eigenvalue weighted by Crippen LogP contribution is 2.36. The van der Waals surface area contributed by atoms with Gasteiger partial charge in [0.05, 0.1) is 36.5 Å². The second-order valence-corrected chi connectivity index (χ2v) is 14.8. The van der Waals surface area contributed by atoms with E-state index in [1.165, 1.54) is 0 Å². The van der Waals surface area contributed by atoms with Crippen molar-refractivity contribution in [2.75, 3.05) is 34.4 Å². The third-order valence-electron chi connectivity index (χ3n) is 9.93. The van der Waals surface area contributed by atoms with Crippen LogP contribution in [0.1, 0.15) is 83.8 Å². The van der Waals surface area contributed by atoms with E-state index >= 15 is 0 Å². The van der Waals surface area contributed by atoms with Gasteiger partial charge in [-0.2, -0.15) is 0 Å². The van der Waals surface area contributed by atoms with Gasteiger partial charge in [0.25, 0.3) is 0 Å². The van der Waals surface area contributed by atoms with Crippen molar-refractivity contribution in [3.8, 4) is 22.9 Å². The van der Waals surface area contributed by atoms with E-state index in [4.69, 9.17) is 47.5 Å². The maximum Gasteiger partial charge on any atom is 0.206 e. The largest absolute Gasteiger partial charge is 0.497 e. The van der Waals surface area contributed by atoms with Crippen molar-refractivity contribution >= 4 is 47.3 Å². The molecule has 2 aromatic heterocycles. The molecule has 0 saturated heterocycles. The van der Waals surface area contributed by atoms with E-state index in [1.807, 2.05) is 98.3 Å². The number of amides is 1. The van der Waals surface area contributed by atoms with Crippen LogP contribution < -0.4 is 20.1 Å². The molecule has 0 radical (unpaired) electrons. The number of nitrogens with one attached hydrogen (secondary N) is 2. The summed E-state index contributed by atoms with van der Waals surface area (Å²) in [5, 5.41) is 24.0. The third kappa shape index (κ3) is 10.1. The van der Waals surface area contributed by atoms with E-state index in [1.54, 1.807) is 14.2 Å². The minimum atomic E-state index is -0.423. The number of ether oxygens (including phenoxy) is 2. The second-order valence-electron chi connectivity index (χ2n) is 14.0. The highest BCUT2D eigenvalue weighted by molar-refractivity contribution is 6.31. The fourth-order valence-electron chi connectivity index (χ4n) is 7.00. The summed E-state index contributed by atoms with van der Waals surface area (Å²) in [6.45, 7) is 7.55. The topological polar surface area (TPSA) is 163 Å². The summed E-state index contributed by atoms with van der Waals surface area (Å²) < 4.78 is 15.5. The van der Waals surface area contributed by atoms with E-state index in [9.17, 15) is 4.79 Å². The zero-order chi connectivity index (χ0) is 43.5.